The molecule has 0 radical (unpaired) electrons. The van der Waals surface area contributed by atoms with Crippen molar-refractivity contribution < 1.29 is 9.53 Å². The minimum atomic E-state index is -0.332. The second-order valence-corrected chi connectivity index (χ2v) is 3.49. The summed E-state index contributed by atoms with van der Waals surface area (Å²) in [5.41, 5.74) is 1.94. The molecule has 1 aromatic carbocycles. The number of rotatable bonds is 3. The number of benzene rings is 1. The fraction of sp³-hybridized carbons (Fsp3) is 0.250. The predicted molar refractivity (Wildman–Crippen MR) is 61.7 cm³/mol. The SMILES string of the molecule is CC/C(=C\C(=O)OC)c1ccc(Cl)cc1. The number of esters is 1. The van der Waals surface area contributed by atoms with Crippen molar-refractivity contribution in [2.75, 3.05) is 7.11 Å². The summed E-state index contributed by atoms with van der Waals surface area (Å²) in [5.74, 6) is -0.332. The fourth-order valence-electron chi connectivity index (χ4n) is 1.25. The number of ether oxygens (including phenoxy) is 1. The van der Waals surface area contributed by atoms with E-state index in [0.717, 1.165) is 17.6 Å². The Bertz CT molecular complexity index is 366. The molecular weight excluding hydrogens is 212 g/mol. The molecule has 0 aliphatic heterocycles. The molecule has 15 heavy (non-hydrogen) atoms. The van der Waals surface area contributed by atoms with Crippen molar-refractivity contribution in [1.82, 2.24) is 0 Å². The average molecular weight is 225 g/mol. The third-order valence-electron chi connectivity index (χ3n) is 2.09. The first-order chi connectivity index (χ1) is 7.17. The van der Waals surface area contributed by atoms with Crippen molar-refractivity contribution in [3.05, 3.63) is 40.9 Å². The maximum Gasteiger partial charge on any atom is 0.330 e. The molecule has 3 heteroatoms. The molecule has 1 rings (SSSR count). The zero-order chi connectivity index (χ0) is 11.3. The van der Waals surface area contributed by atoms with Crippen LogP contribution in [0, 0.1) is 0 Å². The Hall–Kier alpha value is -1.28. The van der Waals surface area contributed by atoms with Crippen molar-refractivity contribution in [3.8, 4) is 0 Å². The number of allylic oxidation sites excluding steroid dienone is 1. The van der Waals surface area contributed by atoms with Crippen molar-refractivity contribution in [2.45, 2.75) is 13.3 Å². The molecule has 0 aliphatic rings. The first-order valence-corrected chi connectivity index (χ1v) is 5.09. The summed E-state index contributed by atoms with van der Waals surface area (Å²) in [4.78, 5) is 11.1. The Labute approximate surface area is 94.5 Å². The summed E-state index contributed by atoms with van der Waals surface area (Å²) in [6, 6.07) is 7.39. The van der Waals surface area contributed by atoms with Gasteiger partial charge in [-0.25, -0.2) is 4.79 Å². The van der Waals surface area contributed by atoms with Gasteiger partial charge in [0.05, 0.1) is 7.11 Å². The first-order valence-electron chi connectivity index (χ1n) is 4.71. The van der Waals surface area contributed by atoms with E-state index in [0.29, 0.717) is 5.02 Å². The van der Waals surface area contributed by atoms with Crippen LogP contribution in [0.15, 0.2) is 30.3 Å². The molecule has 0 atom stereocenters. The fourth-order valence-corrected chi connectivity index (χ4v) is 1.38. The van der Waals surface area contributed by atoms with Crippen molar-refractivity contribution in [1.29, 1.82) is 0 Å². The number of carbonyl (C=O) groups is 1. The van der Waals surface area contributed by atoms with E-state index in [1.807, 2.05) is 19.1 Å². The average Bonchev–Trinajstić information content (AvgIpc) is 2.27. The van der Waals surface area contributed by atoms with Crippen molar-refractivity contribution >= 4 is 23.1 Å². The van der Waals surface area contributed by atoms with E-state index in [-0.39, 0.29) is 5.97 Å². The number of methoxy groups -OCH3 is 1. The molecule has 0 aliphatic carbocycles. The van der Waals surface area contributed by atoms with E-state index in [1.165, 1.54) is 13.2 Å². The third kappa shape index (κ3) is 3.40. The lowest BCUT2D eigenvalue weighted by atomic mass is 10.0. The molecule has 1 aromatic rings. The molecule has 0 aromatic heterocycles. The molecule has 0 saturated carbocycles. The van der Waals surface area contributed by atoms with Gasteiger partial charge in [-0.3, -0.25) is 0 Å². The number of hydrogen-bond acceptors (Lipinski definition) is 2. The maximum atomic E-state index is 11.1. The van der Waals surface area contributed by atoms with Crippen LogP contribution in [-0.2, 0) is 9.53 Å². The van der Waals surface area contributed by atoms with Gasteiger partial charge >= 0.3 is 5.97 Å². The molecular formula is C12H13ClO2. The van der Waals surface area contributed by atoms with Crippen molar-refractivity contribution in [2.24, 2.45) is 0 Å². The highest BCUT2D eigenvalue weighted by Gasteiger charge is 2.02. The van der Waals surface area contributed by atoms with Crippen LogP contribution in [0.4, 0.5) is 0 Å². The second kappa shape index (κ2) is 5.56. The minimum absolute atomic E-state index is 0.332. The van der Waals surface area contributed by atoms with E-state index in [9.17, 15) is 4.79 Å². The smallest absolute Gasteiger partial charge is 0.330 e. The highest BCUT2D eigenvalue weighted by Crippen LogP contribution is 2.20. The number of carbonyl (C=O) groups excluding carboxylic acids is 1. The lowest BCUT2D eigenvalue weighted by Gasteiger charge is -2.04. The highest BCUT2D eigenvalue weighted by atomic mass is 35.5. The molecule has 0 unspecified atom stereocenters. The summed E-state index contributed by atoms with van der Waals surface area (Å²) in [7, 11) is 1.37. The lowest BCUT2D eigenvalue weighted by Crippen LogP contribution is -1.96. The van der Waals surface area contributed by atoms with Gasteiger partial charge in [0.25, 0.3) is 0 Å². The van der Waals surface area contributed by atoms with Gasteiger partial charge in [0, 0.05) is 11.1 Å². The van der Waals surface area contributed by atoms with Gasteiger partial charge < -0.3 is 4.74 Å². The molecule has 80 valence electrons. The van der Waals surface area contributed by atoms with Gasteiger partial charge in [0.15, 0.2) is 0 Å². The monoisotopic (exact) mass is 224 g/mol. The standard InChI is InChI=1S/C12H13ClO2/c1-3-9(8-12(14)15-2)10-4-6-11(13)7-5-10/h4-8H,3H2,1-2H3/b9-8+. The molecule has 0 amide bonds. The van der Waals surface area contributed by atoms with Gasteiger partial charge in [0.1, 0.15) is 0 Å². The van der Waals surface area contributed by atoms with E-state index in [4.69, 9.17) is 11.6 Å². The van der Waals surface area contributed by atoms with Crippen LogP contribution >= 0.6 is 11.6 Å². The Morgan fingerprint density at radius 2 is 2.00 bits per heavy atom. The number of halogens is 1. The van der Waals surface area contributed by atoms with Crippen molar-refractivity contribution in [3.63, 3.8) is 0 Å². The lowest BCUT2D eigenvalue weighted by molar-refractivity contribution is -0.134. The van der Waals surface area contributed by atoms with Crippen LogP contribution in [0.5, 0.6) is 0 Å². The van der Waals surface area contributed by atoms with Gasteiger partial charge in [-0.2, -0.15) is 0 Å². The van der Waals surface area contributed by atoms with Gasteiger partial charge in [-0.1, -0.05) is 30.7 Å². The molecule has 0 fully saturated rings. The largest absolute Gasteiger partial charge is 0.466 e. The molecule has 0 N–H and O–H groups in total. The van der Waals surface area contributed by atoms with Gasteiger partial charge in [0.2, 0.25) is 0 Å². The molecule has 2 nitrogen and oxygen atoms in total. The van der Waals surface area contributed by atoms with E-state index < -0.39 is 0 Å². The molecule has 0 spiro atoms. The van der Waals surface area contributed by atoms with Crippen LogP contribution in [-0.4, -0.2) is 13.1 Å². The summed E-state index contributed by atoms with van der Waals surface area (Å²) >= 11 is 5.78. The summed E-state index contributed by atoms with van der Waals surface area (Å²) in [6.45, 7) is 1.99. The topological polar surface area (TPSA) is 26.3 Å². The Balaban J connectivity index is 2.97. The van der Waals surface area contributed by atoms with E-state index in [1.54, 1.807) is 12.1 Å². The van der Waals surface area contributed by atoms with Gasteiger partial charge in [-0.15, -0.1) is 0 Å². The molecule has 0 saturated heterocycles. The zero-order valence-electron chi connectivity index (χ0n) is 8.79. The first kappa shape index (κ1) is 11.8. The predicted octanol–water partition coefficient (Wildman–Crippen LogP) is 3.31. The van der Waals surface area contributed by atoms with E-state index >= 15 is 0 Å². The van der Waals surface area contributed by atoms with E-state index in [2.05, 4.69) is 4.74 Å². The quantitative estimate of drug-likeness (QED) is 0.582. The Morgan fingerprint density at radius 3 is 2.47 bits per heavy atom. The number of hydrogen-bond donors (Lipinski definition) is 0. The maximum absolute atomic E-state index is 11.1. The van der Waals surface area contributed by atoms with Crippen LogP contribution in [0.3, 0.4) is 0 Å². The Kier molecular flexibility index (Phi) is 4.37. The highest BCUT2D eigenvalue weighted by molar-refractivity contribution is 6.30. The third-order valence-corrected chi connectivity index (χ3v) is 2.34. The summed E-state index contributed by atoms with van der Waals surface area (Å²) < 4.78 is 4.59. The summed E-state index contributed by atoms with van der Waals surface area (Å²) in [5, 5.41) is 0.687. The zero-order valence-corrected chi connectivity index (χ0v) is 9.54. The Morgan fingerprint density at radius 1 is 1.40 bits per heavy atom. The summed E-state index contributed by atoms with van der Waals surface area (Å²) in [6.07, 6.45) is 2.28. The van der Waals surface area contributed by atoms with Gasteiger partial charge in [-0.05, 0) is 29.7 Å². The van der Waals surface area contributed by atoms with Crippen LogP contribution in [0.25, 0.3) is 5.57 Å². The normalized spacial score (nSPS) is 11.3. The van der Waals surface area contributed by atoms with Crippen LogP contribution in [0.1, 0.15) is 18.9 Å². The minimum Gasteiger partial charge on any atom is -0.466 e. The van der Waals surface area contributed by atoms with Crippen LogP contribution in [0.2, 0.25) is 5.02 Å². The van der Waals surface area contributed by atoms with Crippen LogP contribution < -0.4 is 0 Å². The second-order valence-electron chi connectivity index (χ2n) is 3.05. The molecule has 0 heterocycles. The molecule has 0 bridgehead atoms.